The second kappa shape index (κ2) is 8.81. The molecule has 2 aliphatic rings. The van der Waals surface area contributed by atoms with Crippen molar-refractivity contribution in [1.29, 1.82) is 0 Å². The van der Waals surface area contributed by atoms with Crippen LogP contribution < -0.4 is 10.6 Å². The monoisotopic (exact) mass is 541 g/mol. The predicted octanol–water partition coefficient (Wildman–Crippen LogP) is 7.02. The number of benzene rings is 2. The van der Waals surface area contributed by atoms with Crippen LogP contribution in [0.2, 0.25) is 15.1 Å². The van der Waals surface area contributed by atoms with Gasteiger partial charge < -0.3 is 15.4 Å². The van der Waals surface area contributed by atoms with Gasteiger partial charge in [-0.05, 0) is 54.1 Å². The van der Waals surface area contributed by atoms with E-state index in [0.29, 0.717) is 32.0 Å². The Balaban J connectivity index is 1.27. The summed E-state index contributed by atoms with van der Waals surface area (Å²) in [5.74, 6) is -0.612. The molecule has 5 rings (SSSR count). The quantitative estimate of drug-likeness (QED) is 0.259. The first-order chi connectivity index (χ1) is 15.7. The number of rotatable bonds is 6. The van der Waals surface area contributed by atoms with Gasteiger partial charge in [-0.25, -0.2) is 0 Å². The number of anilines is 2. The predicted molar refractivity (Wildman–Crippen MR) is 133 cm³/mol. The molecule has 0 spiro atoms. The third-order valence-corrected chi connectivity index (χ3v) is 7.43. The molecule has 0 bridgehead atoms. The Hall–Kier alpha value is -1.73. The van der Waals surface area contributed by atoms with E-state index in [1.165, 1.54) is 0 Å². The number of alkyl halides is 2. The average molecular weight is 544 g/mol. The minimum atomic E-state index is -0.981. The third kappa shape index (κ3) is 4.76. The van der Waals surface area contributed by atoms with Crippen LogP contribution in [-0.2, 0) is 4.74 Å². The van der Waals surface area contributed by atoms with Crippen molar-refractivity contribution in [2.45, 2.75) is 22.6 Å². The van der Waals surface area contributed by atoms with Gasteiger partial charge in [0.05, 0.1) is 10.6 Å². The van der Waals surface area contributed by atoms with Gasteiger partial charge in [0.25, 0.3) is 5.91 Å². The number of nitrogens with zero attached hydrogens (tertiary/aromatic N) is 1. The number of pyridine rings is 1. The van der Waals surface area contributed by atoms with E-state index in [9.17, 15) is 4.79 Å². The lowest BCUT2D eigenvalue weighted by atomic mass is 10.1. The van der Waals surface area contributed by atoms with E-state index < -0.39 is 4.33 Å². The van der Waals surface area contributed by atoms with Crippen LogP contribution in [0.5, 0.6) is 0 Å². The van der Waals surface area contributed by atoms with E-state index in [0.717, 1.165) is 5.56 Å². The van der Waals surface area contributed by atoms with Crippen LogP contribution >= 0.6 is 58.0 Å². The highest BCUT2D eigenvalue weighted by molar-refractivity contribution is 6.52. The number of halogens is 5. The number of hydrogen-bond donors (Lipinski definition) is 2. The Morgan fingerprint density at radius 2 is 1.64 bits per heavy atom. The van der Waals surface area contributed by atoms with E-state index in [4.69, 9.17) is 62.7 Å². The molecule has 3 aromatic rings. The van der Waals surface area contributed by atoms with Gasteiger partial charge in [-0.3, -0.25) is 9.78 Å². The summed E-state index contributed by atoms with van der Waals surface area (Å²) in [7, 11) is 0. The standard InChI is InChI=1S/C23H16Cl5N3O2/c24-12-7-11(8-13(25)9-12)18-19(23(18,27)28)20-22(33-20)31-15-1-2-17(26)16(10-15)21(32)30-14-3-5-29-6-4-14/h1-10,18-20,22,31H,(H,29,30,32). The zero-order valence-corrected chi connectivity index (χ0v) is 20.5. The Kier molecular flexibility index (Phi) is 6.15. The van der Waals surface area contributed by atoms with Crippen LogP contribution in [0.15, 0.2) is 60.9 Å². The second-order valence-electron chi connectivity index (χ2n) is 7.93. The summed E-state index contributed by atoms with van der Waals surface area (Å²) >= 11 is 31.7. The summed E-state index contributed by atoms with van der Waals surface area (Å²) in [5, 5.41) is 7.45. The van der Waals surface area contributed by atoms with Crippen molar-refractivity contribution < 1.29 is 9.53 Å². The first-order valence-electron chi connectivity index (χ1n) is 10.0. The molecule has 5 nitrogen and oxygen atoms in total. The van der Waals surface area contributed by atoms with Crippen molar-refractivity contribution in [1.82, 2.24) is 4.98 Å². The molecule has 4 unspecified atom stereocenters. The number of epoxide rings is 1. The molecule has 2 fully saturated rings. The Bertz CT molecular complexity index is 1200. The summed E-state index contributed by atoms with van der Waals surface area (Å²) in [6, 6.07) is 13.8. The summed E-state index contributed by atoms with van der Waals surface area (Å²) in [6.07, 6.45) is 2.68. The summed E-state index contributed by atoms with van der Waals surface area (Å²) in [6.45, 7) is 0. The lowest BCUT2D eigenvalue weighted by Crippen LogP contribution is -2.14. The zero-order chi connectivity index (χ0) is 23.3. The van der Waals surface area contributed by atoms with Gasteiger partial charge >= 0.3 is 0 Å². The average Bonchev–Trinajstić information content (AvgIpc) is 3.63. The number of carbonyl (C=O) groups is 1. The first kappa shape index (κ1) is 23.0. The topological polar surface area (TPSA) is 66.5 Å². The Labute approximate surface area is 215 Å². The van der Waals surface area contributed by atoms with Crippen molar-refractivity contribution >= 4 is 75.3 Å². The first-order valence-corrected chi connectivity index (χ1v) is 11.9. The zero-order valence-electron chi connectivity index (χ0n) is 16.7. The van der Waals surface area contributed by atoms with Gasteiger partial charge in [-0.2, -0.15) is 0 Å². The van der Waals surface area contributed by atoms with E-state index in [1.807, 2.05) is 12.1 Å². The van der Waals surface area contributed by atoms with Crippen LogP contribution in [0.3, 0.4) is 0 Å². The Morgan fingerprint density at radius 3 is 2.33 bits per heavy atom. The van der Waals surface area contributed by atoms with Gasteiger partial charge in [-0.15, -0.1) is 23.2 Å². The summed E-state index contributed by atoms with van der Waals surface area (Å²) in [5.41, 5.74) is 2.51. The molecule has 1 saturated heterocycles. The van der Waals surface area contributed by atoms with Gasteiger partial charge in [0, 0.05) is 45.6 Å². The molecule has 4 atom stereocenters. The van der Waals surface area contributed by atoms with Crippen LogP contribution in [0.1, 0.15) is 21.8 Å². The molecule has 1 amide bonds. The molecule has 2 aromatic carbocycles. The van der Waals surface area contributed by atoms with Gasteiger partial charge in [0.1, 0.15) is 10.4 Å². The molecular weight excluding hydrogens is 528 g/mol. The molecule has 170 valence electrons. The molecule has 2 heterocycles. The molecule has 0 radical (unpaired) electrons. The van der Waals surface area contributed by atoms with Crippen molar-refractivity contribution in [3.8, 4) is 0 Å². The van der Waals surface area contributed by atoms with Crippen molar-refractivity contribution in [3.63, 3.8) is 0 Å². The summed E-state index contributed by atoms with van der Waals surface area (Å²) < 4.78 is 4.85. The SMILES string of the molecule is O=C(Nc1ccncc1)c1cc(NC2OC2C2C(c3cc(Cl)cc(Cl)c3)C2(Cl)Cl)ccc1Cl. The number of carbonyl (C=O) groups excluding carboxylic acids is 1. The normalized spacial score (nSPS) is 24.8. The maximum absolute atomic E-state index is 12.7. The van der Waals surface area contributed by atoms with Gasteiger partial charge in [0.15, 0.2) is 6.23 Å². The maximum atomic E-state index is 12.7. The van der Waals surface area contributed by atoms with Crippen LogP contribution in [-0.4, -0.2) is 27.6 Å². The van der Waals surface area contributed by atoms with Crippen molar-refractivity contribution in [3.05, 3.63) is 87.1 Å². The molecule has 1 aliphatic heterocycles. The van der Waals surface area contributed by atoms with E-state index in [1.54, 1.807) is 48.8 Å². The fraction of sp³-hybridized carbons (Fsp3) is 0.217. The maximum Gasteiger partial charge on any atom is 0.257 e. The van der Waals surface area contributed by atoms with Crippen molar-refractivity contribution in [2.24, 2.45) is 5.92 Å². The number of hydrogen-bond acceptors (Lipinski definition) is 4. The van der Waals surface area contributed by atoms with Gasteiger partial charge in [0.2, 0.25) is 0 Å². The molecule has 10 heteroatoms. The lowest BCUT2D eigenvalue weighted by molar-refractivity contribution is 0.102. The van der Waals surface area contributed by atoms with Crippen LogP contribution in [0.25, 0.3) is 0 Å². The van der Waals surface area contributed by atoms with Crippen molar-refractivity contribution in [2.75, 3.05) is 10.6 Å². The summed E-state index contributed by atoms with van der Waals surface area (Å²) in [4.78, 5) is 16.6. The molecule has 1 aromatic heterocycles. The lowest BCUT2D eigenvalue weighted by Gasteiger charge is -2.09. The van der Waals surface area contributed by atoms with E-state index >= 15 is 0 Å². The second-order valence-corrected chi connectivity index (χ2v) is 10.7. The highest BCUT2D eigenvalue weighted by atomic mass is 35.5. The van der Waals surface area contributed by atoms with Crippen LogP contribution in [0, 0.1) is 5.92 Å². The number of aromatic nitrogens is 1. The highest BCUT2D eigenvalue weighted by Gasteiger charge is 2.72. The Morgan fingerprint density at radius 1 is 0.939 bits per heavy atom. The van der Waals surface area contributed by atoms with E-state index in [-0.39, 0.29) is 30.1 Å². The smallest absolute Gasteiger partial charge is 0.257 e. The molecule has 1 saturated carbocycles. The number of nitrogens with one attached hydrogen (secondary N) is 2. The van der Waals surface area contributed by atoms with Crippen LogP contribution in [0.4, 0.5) is 11.4 Å². The number of amides is 1. The fourth-order valence-electron chi connectivity index (χ4n) is 4.04. The highest BCUT2D eigenvalue weighted by Crippen LogP contribution is 2.69. The molecular formula is C23H16Cl5N3O2. The minimum Gasteiger partial charge on any atom is -0.358 e. The largest absolute Gasteiger partial charge is 0.358 e. The number of ether oxygens (including phenoxy) is 1. The minimum absolute atomic E-state index is 0.130. The van der Waals surface area contributed by atoms with E-state index in [2.05, 4.69) is 15.6 Å². The van der Waals surface area contributed by atoms with Gasteiger partial charge in [-0.1, -0.05) is 34.8 Å². The molecule has 2 N–H and O–H groups in total. The third-order valence-electron chi connectivity index (χ3n) is 5.69. The fourth-order valence-corrected chi connectivity index (χ4v) is 5.69. The molecule has 33 heavy (non-hydrogen) atoms. The molecule has 1 aliphatic carbocycles.